The molecule has 0 aliphatic carbocycles. The summed E-state index contributed by atoms with van der Waals surface area (Å²) in [6, 6.07) is 2.02. The average molecular weight is 303 g/mol. The van der Waals surface area contributed by atoms with E-state index in [2.05, 4.69) is 10.3 Å². The highest BCUT2D eigenvalue weighted by Gasteiger charge is 2.17. The molecule has 1 saturated heterocycles. The van der Waals surface area contributed by atoms with Crippen molar-refractivity contribution in [3.05, 3.63) is 29.1 Å². The smallest absolute Gasteiger partial charge is 0.222 e. The molecule has 2 heterocycles. The van der Waals surface area contributed by atoms with E-state index >= 15 is 0 Å². The molecule has 1 N–H and O–H groups in total. The summed E-state index contributed by atoms with van der Waals surface area (Å²) in [4.78, 5) is 29.7. The molecule has 1 fully saturated rings. The maximum absolute atomic E-state index is 11.9. The van der Waals surface area contributed by atoms with Gasteiger partial charge >= 0.3 is 0 Å². The minimum atomic E-state index is 0.0319. The normalized spacial score (nSPS) is 15.0. The van der Waals surface area contributed by atoms with Gasteiger partial charge < -0.3 is 10.2 Å². The van der Waals surface area contributed by atoms with Gasteiger partial charge in [0.15, 0.2) is 0 Å². The van der Waals surface area contributed by atoms with Crippen LogP contribution in [0.4, 0.5) is 0 Å². The number of hydrogen-bond acceptors (Lipinski definition) is 3. The van der Waals surface area contributed by atoms with Gasteiger partial charge in [-0.25, -0.2) is 0 Å². The van der Waals surface area contributed by atoms with Crippen LogP contribution >= 0.6 is 0 Å². The second-order valence-corrected chi connectivity index (χ2v) is 5.97. The molecule has 1 aliphatic rings. The molecule has 0 atom stereocenters. The summed E-state index contributed by atoms with van der Waals surface area (Å²) in [6.45, 7) is 6.03. The third-order valence-electron chi connectivity index (χ3n) is 4.09. The van der Waals surface area contributed by atoms with Crippen molar-refractivity contribution < 1.29 is 9.59 Å². The molecule has 22 heavy (non-hydrogen) atoms. The number of rotatable bonds is 6. The van der Waals surface area contributed by atoms with E-state index in [1.165, 1.54) is 0 Å². The number of hydrogen-bond donors (Lipinski definition) is 1. The first kappa shape index (κ1) is 16.5. The summed E-state index contributed by atoms with van der Waals surface area (Å²) >= 11 is 0. The van der Waals surface area contributed by atoms with Crippen LogP contribution in [0.3, 0.4) is 0 Å². The first-order valence-corrected chi connectivity index (χ1v) is 8.03. The van der Waals surface area contributed by atoms with Gasteiger partial charge in [-0.05, 0) is 50.3 Å². The molecule has 0 bridgehead atoms. The zero-order chi connectivity index (χ0) is 15.9. The lowest BCUT2D eigenvalue weighted by molar-refractivity contribution is -0.133. The van der Waals surface area contributed by atoms with E-state index in [1.807, 2.05) is 31.0 Å². The SMILES string of the molecule is Cc1cc(C)c(CNC(=O)CCCN2CCCCC2=O)cn1. The molecular weight excluding hydrogens is 278 g/mol. The average Bonchev–Trinajstić information content (AvgIpc) is 2.48. The molecule has 5 heteroatoms. The lowest BCUT2D eigenvalue weighted by Gasteiger charge is -2.26. The second-order valence-electron chi connectivity index (χ2n) is 5.97. The van der Waals surface area contributed by atoms with Gasteiger partial charge in [0.1, 0.15) is 0 Å². The molecule has 120 valence electrons. The summed E-state index contributed by atoms with van der Waals surface area (Å²) in [5.74, 6) is 0.262. The number of carbonyl (C=O) groups excluding carboxylic acids is 2. The lowest BCUT2D eigenvalue weighted by atomic mass is 10.1. The predicted octanol–water partition coefficient (Wildman–Crippen LogP) is 2.11. The summed E-state index contributed by atoms with van der Waals surface area (Å²) in [6.07, 6.45) is 5.74. The summed E-state index contributed by atoms with van der Waals surface area (Å²) in [7, 11) is 0. The zero-order valence-corrected chi connectivity index (χ0v) is 13.5. The largest absolute Gasteiger partial charge is 0.352 e. The number of likely N-dealkylation sites (tertiary alicyclic amines) is 1. The second kappa shape index (κ2) is 7.92. The van der Waals surface area contributed by atoms with Crippen LogP contribution in [0.5, 0.6) is 0 Å². The Morgan fingerprint density at radius 3 is 2.91 bits per heavy atom. The molecule has 0 aromatic carbocycles. The molecule has 0 spiro atoms. The minimum Gasteiger partial charge on any atom is -0.352 e. The van der Waals surface area contributed by atoms with Gasteiger partial charge in [0.05, 0.1) is 0 Å². The van der Waals surface area contributed by atoms with Crippen molar-refractivity contribution in [1.82, 2.24) is 15.2 Å². The van der Waals surface area contributed by atoms with Crippen molar-refractivity contribution in [2.45, 2.75) is 52.5 Å². The van der Waals surface area contributed by atoms with Crippen LogP contribution in [0.15, 0.2) is 12.3 Å². The third kappa shape index (κ3) is 4.83. The Labute approximate surface area is 132 Å². The van der Waals surface area contributed by atoms with Gasteiger partial charge in [-0.15, -0.1) is 0 Å². The van der Waals surface area contributed by atoms with Crippen molar-refractivity contribution >= 4 is 11.8 Å². The highest BCUT2D eigenvalue weighted by molar-refractivity contribution is 5.77. The van der Waals surface area contributed by atoms with Crippen LogP contribution in [-0.2, 0) is 16.1 Å². The van der Waals surface area contributed by atoms with Crippen LogP contribution in [0.2, 0.25) is 0 Å². The first-order valence-electron chi connectivity index (χ1n) is 8.03. The molecule has 1 aromatic heterocycles. The number of nitrogens with one attached hydrogen (secondary N) is 1. The van der Waals surface area contributed by atoms with E-state index in [0.717, 1.165) is 42.6 Å². The first-order chi connectivity index (χ1) is 10.6. The fourth-order valence-corrected chi connectivity index (χ4v) is 2.72. The Hall–Kier alpha value is -1.91. The molecule has 2 rings (SSSR count). The molecule has 0 unspecified atom stereocenters. The van der Waals surface area contributed by atoms with E-state index in [4.69, 9.17) is 0 Å². The predicted molar refractivity (Wildman–Crippen MR) is 85.2 cm³/mol. The number of aryl methyl sites for hydroxylation is 2. The zero-order valence-electron chi connectivity index (χ0n) is 13.5. The molecule has 5 nitrogen and oxygen atoms in total. The number of carbonyl (C=O) groups is 2. The van der Waals surface area contributed by atoms with Crippen LogP contribution in [0.1, 0.15) is 48.9 Å². The molecule has 2 amide bonds. The van der Waals surface area contributed by atoms with Crippen molar-refractivity contribution in [1.29, 1.82) is 0 Å². The monoisotopic (exact) mass is 303 g/mol. The van der Waals surface area contributed by atoms with Crippen molar-refractivity contribution in [3.8, 4) is 0 Å². The van der Waals surface area contributed by atoms with Crippen LogP contribution in [0, 0.1) is 13.8 Å². The topological polar surface area (TPSA) is 62.3 Å². The van der Waals surface area contributed by atoms with Gasteiger partial charge in [0, 0.05) is 44.4 Å². The molecule has 0 radical (unpaired) electrons. The van der Waals surface area contributed by atoms with E-state index < -0.39 is 0 Å². The molecule has 0 saturated carbocycles. The molecule has 1 aliphatic heterocycles. The Morgan fingerprint density at radius 2 is 2.18 bits per heavy atom. The maximum Gasteiger partial charge on any atom is 0.222 e. The van der Waals surface area contributed by atoms with E-state index in [1.54, 1.807) is 0 Å². The standard InChI is InChI=1S/C17H25N3O2/c1-13-10-14(2)18-11-15(13)12-19-16(21)6-5-9-20-8-4-3-7-17(20)22/h10-11H,3-9,12H2,1-2H3,(H,19,21). The van der Waals surface area contributed by atoms with Gasteiger partial charge in [-0.1, -0.05) is 0 Å². The quantitative estimate of drug-likeness (QED) is 0.875. The number of piperidine rings is 1. The Balaban J connectivity index is 1.68. The van der Waals surface area contributed by atoms with Gasteiger partial charge in [0.2, 0.25) is 11.8 Å². The third-order valence-corrected chi connectivity index (χ3v) is 4.09. The van der Waals surface area contributed by atoms with Crippen LogP contribution in [0.25, 0.3) is 0 Å². The number of amides is 2. The van der Waals surface area contributed by atoms with Crippen molar-refractivity contribution in [3.63, 3.8) is 0 Å². The van der Waals surface area contributed by atoms with Crippen LogP contribution < -0.4 is 5.32 Å². The fraction of sp³-hybridized carbons (Fsp3) is 0.588. The lowest BCUT2D eigenvalue weighted by Crippen LogP contribution is -2.36. The van der Waals surface area contributed by atoms with Gasteiger partial charge in [-0.2, -0.15) is 0 Å². The molecular formula is C17H25N3O2. The Kier molecular flexibility index (Phi) is 5.92. The number of aromatic nitrogens is 1. The van der Waals surface area contributed by atoms with E-state index in [-0.39, 0.29) is 11.8 Å². The number of nitrogens with zero attached hydrogens (tertiary/aromatic N) is 2. The van der Waals surface area contributed by atoms with Crippen molar-refractivity contribution in [2.24, 2.45) is 0 Å². The fourth-order valence-electron chi connectivity index (χ4n) is 2.72. The van der Waals surface area contributed by atoms with Gasteiger partial charge in [-0.3, -0.25) is 14.6 Å². The Morgan fingerprint density at radius 1 is 1.36 bits per heavy atom. The summed E-state index contributed by atoms with van der Waals surface area (Å²) in [5, 5.41) is 2.93. The highest BCUT2D eigenvalue weighted by Crippen LogP contribution is 2.11. The molecule has 1 aromatic rings. The highest BCUT2D eigenvalue weighted by atomic mass is 16.2. The van der Waals surface area contributed by atoms with E-state index in [9.17, 15) is 9.59 Å². The minimum absolute atomic E-state index is 0.0319. The van der Waals surface area contributed by atoms with Crippen molar-refractivity contribution in [2.75, 3.05) is 13.1 Å². The summed E-state index contributed by atoms with van der Waals surface area (Å²) in [5.41, 5.74) is 3.18. The van der Waals surface area contributed by atoms with Gasteiger partial charge in [0.25, 0.3) is 0 Å². The Bertz CT molecular complexity index is 543. The number of pyridine rings is 1. The van der Waals surface area contributed by atoms with E-state index in [0.29, 0.717) is 25.9 Å². The van der Waals surface area contributed by atoms with Crippen LogP contribution in [-0.4, -0.2) is 34.8 Å². The summed E-state index contributed by atoms with van der Waals surface area (Å²) < 4.78 is 0. The maximum atomic E-state index is 11.9.